The van der Waals surface area contributed by atoms with Crippen molar-refractivity contribution in [2.45, 2.75) is 39.7 Å². The van der Waals surface area contributed by atoms with Crippen LogP contribution in [0.1, 0.15) is 43.3 Å². The van der Waals surface area contributed by atoms with Crippen LogP contribution < -0.4 is 5.32 Å². The molecule has 7 nitrogen and oxygen atoms in total. The van der Waals surface area contributed by atoms with E-state index >= 15 is 0 Å². The van der Waals surface area contributed by atoms with Crippen LogP contribution in [0, 0.1) is 18.8 Å². The van der Waals surface area contributed by atoms with Crippen molar-refractivity contribution in [3.8, 4) is 0 Å². The zero-order chi connectivity index (χ0) is 23.7. The minimum atomic E-state index is -0.936. The van der Waals surface area contributed by atoms with Gasteiger partial charge in [-0.15, -0.1) is 0 Å². The molecule has 0 saturated carbocycles. The summed E-state index contributed by atoms with van der Waals surface area (Å²) in [5.41, 5.74) is 2.80. The van der Waals surface area contributed by atoms with Crippen molar-refractivity contribution in [1.29, 1.82) is 0 Å². The topological polar surface area (TPSA) is 94.8 Å². The zero-order valence-corrected chi connectivity index (χ0v) is 19.1. The second-order valence-electron chi connectivity index (χ2n) is 8.55. The number of esters is 2. The highest BCUT2D eigenvalue weighted by atomic mass is 16.5. The van der Waals surface area contributed by atoms with Gasteiger partial charge in [0, 0.05) is 17.0 Å². The fourth-order valence-corrected chi connectivity index (χ4v) is 4.65. The number of aryl methyl sites for hydroxylation is 1. The molecule has 1 aromatic heterocycles. The van der Waals surface area contributed by atoms with Crippen LogP contribution in [0.5, 0.6) is 0 Å². The molecule has 3 atom stereocenters. The molecule has 1 aromatic carbocycles. The zero-order valence-electron chi connectivity index (χ0n) is 19.1. The fraction of sp³-hybridized carbons (Fsp3) is 0.346. The van der Waals surface area contributed by atoms with Gasteiger partial charge in [-0.3, -0.25) is 9.59 Å². The van der Waals surface area contributed by atoms with E-state index in [9.17, 15) is 14.4 Å². The number of dihydropyridines is 1. The Morgan fingerprint density at radius 1 is 1.12 bits per heavy atom. The molecule has 0 fully saturated rings. The summed E-state index contributed by atoms with van der Waals surface area (Å²) in [5, 5.41) is 3.24. The molecule has 4 rings (SSSR count). The van der Waals surface area contributed by atoms with E-state index in [2.05, 4.69) is 5.32 Å². The number of hydrogen-bond donors (Lipinski definition) is 1. The standard InChI is InChI=1S/C26H27NO6/c1-14-12-18-22(24(28)20(14)25(29)31-4)23(19-11-10-15(2)33-19)21(16(3)27-18)26(30)32-13-17-8-6-5-7-9-17/h5-11,14,20,23,27H,12-13H2,1-4H3/t14-,20+,23-/m1/s1. The van der Waals surface area contributed by atoms with Crippen molar-refractivity contribution in [3.63, 3.8) is 0 Å². The maximum absolute atomic E-state index is 13.6. The molecule has 1 aliphatic carbocycles. The van der Waals surface area contributed by atoms with E-state index in [-0.39, 0.29) is 18.3 Å². The average Bonchev–Trinajstić information content (AvgIpc) is 3.23. The van der Waals surface area contributed by atoms with Crippen molar-refractivity contribution >= 4 is 17.7 Å². The lowest BCUT2D eigenvalue weighted by molar-refractivity contribution is -0.151. The molecule has 1 aliphatic heterocycles. The molecule has 33 heavy (non-hydrogen) atoms. The van der Waals surface area contributed by atoms with E-state index in [4.69, 9.17) is 13.9 Å². The van der Waals surface area contributed by atoms with E-state index in [0.717, 1.165) is 5.56 Å². The van der Waals surface area contributed by atoms with Crippen LogP contribution in [-0.2, 0) is 30.5 Å². The fourth-order valence-electron chi connectivity index (χ4n) is 4.65. The van der Waals surface area contributed by atoms with Gasteiger partial charge < -0.3 is 19.2 Å². The maximum atomic E-state index is 13.6. The predicted octanol–water partition coefficient (Wildman–Crippen LogP) is 3.94. The number of Topliss-reactive ketones (excluding diaryl/α,β-unsaturated/α-hetero) is 1. The Morgan fingerprint density at radius 2 is 1.85 bits per heavy atom. The van der Waals surface area contributed by atoms with Gasteiger partial charge in [-0.25, -0.2) is 4.79 Å². The number of nitrogens with one attached hydrogen (secondary N) is 1. The second-order valence-corrected chi connectivity index (χ2v) is 8.55. The van der Waals surface area contributed by atoms with Gasteiger partial charge in [0.2, 0.25) is 0 Å². The number of rotatable bonds is 5. The van der Waals surface area contributed by atoms with Crippen molar-refractivity contribution < 1.29 is 28.3 Å². The number of furan rings is 1. The molecular formula is C26H27NO6. The SMILES string of the molecule is COC(=O)[C@@H]1C(=O)C2=C(C[C@H]1C)NC(C)=C(C(=O)OCc1ccccc1)[C@H]2c1ccc(C)o1. The number of carbonyl (C=O) groups is 3. The smallest absolute Gasteiger partial charge is 0.337 e. The first-order valence-electron chi connectivity index (χ1n) is 10.9. The molecule has 2 heterocycles. The molecular weight excluding hydrogens is 422 g/mol. The molecule has 0 spiro atoms. The highest BCUT2D eigenvalue weighted by Gasteiger charge is 2.48. The summed E-state index contributed by atoms with van der Waals surface area (Å²) in [4.78, 5) is 39.3. The summed E-state index contributed by atoms with van der Waals surface area (Å²) in [5.74, 6) is -2.32. The summed E-state index contributed by atoms with van der Waals surface area (Å²) in [6.45, 7) is 5.53. The molecule has 2 aliphatic rings. The number of ether oxygens (including phenoxy) is 2. The highest BCUT2D eigenvalue weighted by Crippen LogP contribution is 2.45. The number of allylic oxidation sites excluding steroid dienone is 3. The number of carbonyl (C=O) groups excluding carboxylic acids is 3. The Hall–Kier alpha value is -3.61. The van der Waals surface area contributed by atoms with Crippen LogP contribution in [0.2, 0.25) is 0 Å². The Morgan fingerprint density at radius 3 is 2.48 bits per heavy atom. The average molecular weight is 450 g/mol. The lowest BCUT2D eigenvalue weighted by Gasteiger charge is -2.37. The monoisotopic (exact) mass is 449 g/mol. The van der Waals surface area contributed by atoms with Gasteiger partial charge in [0.25, 0.3) is 0 Å². The van der Waals surface area contributed by atoms with E-state index < -0.39 is 23.8 Å². The first kappa shape index (κ1) is 22.6. The lowest BCUT2D eigenvalue weighted by atomic mass is 9.70. The third kappa shape index (κ3) is 4.23. The second kappa shape index (κ2) is 9.10. The van der Waals surface area contributed by atoms with Crippen LogP contribution >= 0.6 is 0 Å². The number of hydrogen-bond acceptors (Lipinski definition) is 7. The third-order valence-electron chi connectivity index (χ3n) is 6.22. The van der Waals surface area contributed by atoms with Crippen molar-refractivity contribution in [3.05, 3.63) is 82.1 Å². The van der Waals surface area contributed by atoms with Crippen LogP contribution in [0.15, 0.2) is 69.4 Å². The first-order chi connectivity index (χ1) is 15.8. The Balaban J connectivity index is 1.74. The van der Waals surface area contributed by atoms with E-state index in [0.29, 0.717) is 40.5 Å². The minimum absolute atomic E-state index is 0.0992. The minimum Gasteiger partial charge on any atom is -0.468 e. The highest BCUT2D eigenvalue weighted by molar-refractivity contribution is 6.12. The molecule has 0 unspecified atom stereocenters. The Kier molecular flexibility index (Phi) is 6.22. The number of benzene rings is 1. The van der Waals surface area contributed by atoms with Gasteiger partial charge in [-0.2, -0.15) is 0 Å². The Labute approximate surface area is 192 Å². The molecule has 7 heteroatoms. The molecule has 172 valence electrons. The molecule has 0 saturated heterocycles. The summed E-state index contributed by atoms with van der Waals surface area (Å²) in [6.07, 6.45) is 0.473. The van der Waals surface area contributed by atoms with E-state index in [1.54, 1.807) is 26.0 Å². The van der Waals surface area contributed by atoms with E-state index in [1.807, 2.05) is 37.3 Å². The molecule has 0 amide bonds. The van der Waals surface area contributed by atoms with Crippen LogP contribution in [-0.4, -0.2) is 24.8 Å². The van der Waals surface area contributed by atoms with Gasteiger partial charge in [0.1, 0.15) is 24.0 Å². The third-order valence-corrected chi connectivity index (χ3v) is 6.22. The van der Waals surface area contributed by atoms with Crippen molar-refractivity contribution in [1.82, 2.24) is 5.32 Å². The van der Waals surface area contributed by atoms with Crippen LogP contribution in [0.25, 0.3) is 0 Å². The number of methoxy groups -OCH3 is 1. The van der Waals surface area contributed by atoms with Gasteiger partial charge in [-0.05, 0) is 43.9 Å². The van der Waals surface area contributed by atoms with Gasteiger partial charge in [0.15, 0.2) is 5.78 Å². The summed E-state index contributed by atoms with van der Waals surface area (Å²) in [7, 11) is 1.27. The Bertz CT molecular complexity index is 1160. The summed E-state index contributed by atoms with van der Waals surface area (Å²) in [6, 6.07) is 12.9. The van der Waals surface area contributed by atoms with Crippen LogP contribution in [0.4, 0.5) is 0 Å². The molecule has 1 N–H and O–H groups in total. The van der Waals surface area contributed by atoms with Crippen molar-refractivity contribution in [2.75, 3.05) is 7.11 Å². The predicted molar refractivity (Wildman–Crippen MR) is 120 cm³/mol. The maximum Gasteiger partial charge on any atom is 0.337 e. The van der Waals surface area contributed by atoms with Crippen molar-refractivity contribution in [2.24, 2.45) is 11.8 Å². The summed E-state index contributed by atoms with van der Waals surface area (Å²) < 4.78 is 16.4. The normalized spacial score (nSPS) is 22.5. The molecule has 0 bridgehead atoms. The lowest BCUT2D eigenvalue weighted by Crippen LogP contribution is -2.43. The van der Waals surface area contributed by atoms with Gasteiger partial charge >= 0.3 is 11.9 Å². The van der Waals surface area contributed by atoms with Gasteiger partial charge in [-0.1, -0.05) is 37.3 Å². The summed E-state index contributed by atoms with van der Waals surface area (Å²) >= 11 is 0. The van der Waals surface area contributed by atoms with Crippen LogP contribution in [0.3, 0.4) is 0 Å². The number of ketones is 1. The van der Waals surface area contributed by atoms with Gasteiger partial charge in [0.05, 0.1) is 18.6 Å². The quantitative estimate of drug-likeness (QED) is 0.546. The van der Waals surface area contributed by atoms with E-state index in [1.165, 1.54) is 7.11 Å². The largest absolute Gasteiger partial charge is 0.468 e. The molecule has 0 radical (unpaired) electrons. The first-order valence-corrected chi connectivity index (χ1v) is 10.9. The molecule has 2 aromatic rings.